The number of aliphatic hydroxyl groups excluding tert-OH is 1. The summed E-state index contributed by atoms with van der Waals surface area (Å²) in [7, 11) is 0. The lowest BCUT2D eigenvalue weighted by molar-refractivity contribution is -0.145. The van der Waals surface area contributed by atoms with Crippen LogP contribution in [0.2, 0.25) is 0 Å². The fourth-order valence-electron chi connectivity index (χ4n) is 3.96. The van der Waals surface area contributed by atoms with Crippen molar-refractivity contribution in [1.29, 1.82) is 0 Å². The number of carboxylic acids is 3. The molecule has 236 valence electrons. The number of amides is 5. The average Bonchev–Trinajstić information content (AvgIpc) is 3.41. The molecule has 1 rings (SSSR count). The zero-order valence-electron chi connectivity index (χ0n) is 23.2. The van der Waals surface area contributed by atoms with Gasteiger partial charge < -0.3 is 52.3 Å². The maximum Gasteiger partial charge on any atom is 0.325 e. The first-order valence-corrected chi connectivity index (χ1v) is 13.1. The molecule has 5 amide bonds. The van der Waals surface area contributed by atoms with Gasteiger partial charge in [0.05, 0.1) is 12.6 Å². The Morgan fingerprint density at radius 2 is 1.36 bits per heavy atom. The largest absolute Gasteiger partial charge is 0.481 e. The van der Waals surface area contributed by atoms with Crippen LogP contribution in [0.4, 0.5) is 0 Å². The minimum absolute atomic E-state index is 0.108. The molecule has 0 aromatic carbocycles. The van der Waals surface area contributed by atoms with Crippen LogP contribution in [0.3, 0.4) is 0 Å². The molecule has 1 heterocycles. The Balaban J connectivity index is 2.86. The van der Waals surface area contributed by atoms with Crippen LogP contribution in [-0.2, 0) is 38.4 Å². The van der Waals surface area contributed by atoms with Gasteiger partial charge >= 0.3 is 17.9 Å². The molecular weight excluding hydrogens is 564 g/mol. The smallest absolute Gasteiger partial charge is 0.325 e. The van der Waals surface area contributed by atoms with E-state index in [0.29, 0.717) is 6.42 Å². The molecule has 0 unspecified atom stereocenters. The minimum atomic E-state index is -1.52. The highest BCUT2D eigenvalue weighted by Gasteiger charge is 2.38. The van der Waals surface area contributed by atoms with E-state index in [-0.39, 0.29) is 25.8 Å². The van der Waals surface area contributed by atoms with E-state index in [1.165, 1.54) is 13.8 Å². The average molecular weight is 603 g/mol. The summed E-state index contributed by atoms with van der Waals surface area (Å²) in [4.78, 5) is 97.3. The summed E-state index contributed by atoms with van der Waals surface area (Å²) in [6.07, 6.45) is -0.961. The van der Waals surface area contributed by atoms with Crippen LogP contribution in [0.25, 0.3) is 0 Å². The molecule has 42 heavy (non-hydrogen) atoms. The van der Waals surface area contributed by atoms with Crippen molar-refractivity contribution >= 4 is 47.4 Å². The molecule has 0 spiro atoms. The molecule has 1 aliphatic heterocycles. The number of nitrogens with zero attached hydrogens (tertiary/aromatic N) is 1. The summed E-state index contributed by atoms with van der Waals surface area (Å²) in [5.74, 6) is -8.09. The summed E-state index contributed by atoms with van der Waals surface area (Å²) in [5, 5.41) is 45.6. The molecule has 0 saturated carbocycles. The number of aliphatic hydroxyl groups is 1. The lowest BCUT2D eigenvalue weighted by Gasteiger charge is -2.29. The predicted octanol–water partition coefficient (Wildman–Crippen LogP) is -3.91. The van der Waals surface area contributed by atoms with Crippen molar-refractivity contribution in [2.75, 3.05) is 13.2 Å². The monoisotopic (exact) mass is 602 g/mol. The van der Waals surface area contributed by atoms with Crippen LogP contribution >= 0.6 is 0 Å². The Morgan fingerprint density at radius 3 is 1.90 bits per heavy atom. The van der Waals surface area contributed by atoms with Gasteiger partial charge in [-0.2, -0.15) is 0 Å². The number of carbonyl (C=O) groups is 8. The predicted molar refractivity (Wildman–Crippen MR) is 140 cm³/mol. The summed E-state index contributed by atoms with van der Waals surface area (Å²) in [6.45, 7) is 1.71. The van der Waals surface area contributed by atoms with Crippen LogP contribution in [0.5, 0.6) is 0 Å². The quantitative estimate of drug-likeness (QED) is 0.0770. The van der Waals surface area contributed by atoms with Crippen LogP contribution < -0.4 is 27.0 Å². The number of carboxylic acid groups (broad SMARTS) is 3. The molecule has 0 bridgehead atoms. The lowest BCUT2D eigenvalue weighted by Crippen LogP contribution is -2.59. The van der Waals surface area contributed by atoms with Gasteiger partial charge in [0.15, 0.2) is 0 Å². The number of hydrogen-bond donors (Lipinski definition) is 9. The fourth-order valence-corrected chi connectivity index (χ4v) is 3.96. The number of nitrogens with two attached hydrogens (primary N) is 1. The minimum Gasteiger partial charge on any atom is -0.481 e. The Morgan fingerprint density at radius 1 is 0.786 bits per heavy atom. The summed E-state index contributed by atoms with van der Waals surface area (Å²) >= 11 is 0. The van der Waals surface area contributed by atoms with Crippen LogP contribution in [0.15, 0.2) is 0 Å². The van der Waals surface area contributed by atoms with Gasteiger partial charge in [0, 0.05) is 19.4 Å². The number of nitrogens with one attached hydrogen (secondary N) is 4. The van der Waals surface area contributed by atoms with Gasteiger partial charge in [-0.1, -0.05) is 0 Å². The molecule has 1 aliphatic rings. The summed E-state index contributed by atoms with van der Waals surface area (Å²) in [6, 6.07) is -7.86. The molecule has 0 aromatic heterocycles. The molecule has 0 radical (unpaired) electrons. The molecule has 10 N–H and O–H groups in total. The van der Waals surface area contributed by atoms with Gasteiger partial charge in [-0.15, -0.1) is 0 Å². The number of rotatable bonds is 17. The highest BCUT2D eigenvalue weighted by molar-refractivity contribution is 5.96. The van der Waals surface area contributed by atoms with Gasteiger partial charge in [0.1, 0.15) is 30.2 Å². The molecule has 1 fully saturated rings. The second-order valence-corrected chi connectivity index (χ2v) is 9.76. The Hall–Kier alpha value is -4.32. The van der Waals surface area contributed by atoms with E-state index in [1.807, 2.05) is 0 Å². The number of carbonyl (C=O) groups excluding carboxylic acids is 5. The van der Waals surface area contributed by atoms with Crippen molar-refractivity contribution < 1.29 is 58.8 Å². The van der Waals surface area contributed by atoms with Gasteiger partial charge in [0.25, 0.3) is 0 Å². The SMILES string of the molecule is C[C@H](NC(=O)[C@@H]1CCCN1C(=O)[C@H](CO)NC(=O)[C@H](C)NC(=O)[C@H](CCC(=O)O)NC(=O)[C@@H](N)CCC(=O)O)C(=O)O. The lowest BCUT2D eigenvalue weighted by atomic mass is 10.1. The van der Waals surface area contributed by atoms with E-state index in [9.17, 15) is 43.5 Å². The van der Waals surface area contributed by atoms with Crippen LogP contribution in [-0.4, -0.2) is 122 Å². The Labute approximate surface area is 240 Å². The zero-order valence-corrected chi connectivity index (χ0v) is 23.2. The van der Waals surface area contributed by atoms with E-state index in [1.54, 1.807) is 0 Å². The number of likely N-dealkylation sites (tertiary alicyclic amines) is 1. The second kappa shape index (κ2) is 16.8. The van der Waals surface area contributed by atoms with E-state index in [4.69, 9.17) is 21.1 Å². The molecule has 0 aliphatic carbocycles. The standard InChI is InChI=1S/C24H38N6O12/c1-11(26-21(38)14(6-8-18(34)35)28-20(37)13(25)5-7-17(32)33)19(36)29-15(10-31)23(40)30-9-3-4-16(30)22(39)27-12(2)24(41)42/h11-16,31H,3-10,25H2,1-2H3,(H,26,38)(H,27,39)(H,28,37)(H,29,36)(H,32,33)(H,34,35)(H,41,42)/t11-,12-,13-,14-,15-,16-/m0/s1. The first kappa shape index (κ1) is 35.7. The van der Waals surface area contributed by atoms with Crippen molar-refractivity contribution in [3.05, 3.63) is 0 Å². The summed E-state index contributed by atoms with van der Waals surface area (Å²) < 4.78 is 0. The third kappa shape index (κ3) is 11.3. The van der Waals surface area contributed by atoms with E-state index >= 15 is 0 Å². The number of aliphatic carboxylic acids is 3. The Kier molecular flexibility index (Phi) is 14.3. The highest BCUT2D eigenvalue weighted by atomic mass is 16.4. The van der Waals surface area contributed by atoms with E-state index in [2.05, 4.69) is 21.3 Å². The van der Waals surface area contributed by atoms with Gasteiger partial charge in [-0.3, -0.25) is 38.4 Å². The topological polar surface area (TPSA) is 295 Å². The van der Waals surface area contributed by atoms with Crippen molar-refractivity contribution in [3.8, 4) is 0 Å². The molecule has 1 saturated heterocycles. The molecule has 18 nitrogen and oxygen atoms in total. The summed E-state index contributed by atoms with van der Waals surface area (Å²) in [5.41, 5.74) is 5.64. The van der Waals surface area contributed by atoms with E-state index < -0.39 is 103 Å². The zero-order chi connectivity index (χ0) is 32.1. The fraction of sp³-hybridized carbons (Fsp3) is 0.667. The van der Waals surface area contributed by atoms with Crippen molar-refractivity contribution in [1.82, 2.24) is 26.2 Å². The third-order valence-electron chi connectivity index (χ3n) is 6.40. The molecule has 18 heteroatoms. The first-order valence-electron chi connectivity index (χ1n) is 13.1. The molecular formula is C24H38N6O12. The highest BCUT2D eigenvalue weighted by Crippen LogP contribution is 2.19. The van der Waals surface area contributed by atoms with Gasteiger partial charge in [0.2, 0.25) is 29.5 Å². The molecule has 0 aromatic rings. The maximum atomic E-state index is 13.0. The van der Waals surface area contributed by atoms with Crippen molar-refractivity contribution in [2.24, 2.45) is 5.73 Å². The van der Waals surface area contributed by atoms with Crippen molar-refractivity contribution in [2.45, 2.75) is 88.6 Å². The van der Waals surface area contributed by atoms with Crippen molar-refractivity contribution in [3.63, 3.8) is 0 Å². The normalized spacial score (nSPS) is 18.0. The number of hydrogen-bond acceptors (Lipinski definition) is 10. The maximum absolute atomic E-state index is 13.0. The Bertz CT molecular complexity index is 1050. The van der Waals surface area contributed by atoms with Crippen LogP contribution in [0, 0.1) is 0 Å². The van der Waals surface area contributed by atoms with Gasteiger partial charge in [-0.25, -0.2) is 0 Å². The second-order valence-electron chi connectivity index (χ2n) is 9.76. The third-order valence-corrected chi connectivity index (χ3v) is 6.40. The van der Waals surface area contributed by atoms with E-state index in [0.717, 1.165) is 4.90 Å². The first-order chi connectivity index (χ1) is 19.6. The van der Waals surface area contributed by atoms with Crippen LogP contribution in [0.1, 0.15) is 52.4 Å². The molecule has 6 atom stereocenters. The van der Waals surface area contributed by atoms with Gasteiger partial charge in [-0.05, 0) is 39.5 Å².